The first-order valence-electron chi connectivity index (χ1n) is 7.59. The van der Waals surface area contributed by atoms with Crippen LogP contribution in [0.5, 0.6) is 0 Å². The molecule has 0 aliphatic heterocycles. The van der Waals surface area contributed by atoms with Gasteiger partial charge in [-0.2, -0.15) is 5.10 Å². The van der Waals surface area contributed by atoms with Crippen LogP contribution in [-0.2, 0) is 6.42 Å². The molecule has 2 aromatic rings. The first kappa shape index (κ1) is 14.8. The van der Waals surface area contributed by atoms with Crippen molar-refractivity contribution in [3.8, 4) is 0 Å². The quantitative estimate of drug-likeness (QED) is 0.791. The second-order valence-electron chi connectivity index (χ2n) is 5.49. The van der Waals surface area contributed by atoms with Crippen LogP contribution in [0.2, 0.25) is 0 Å². The summed E-state index contributed by atoms with van der Waals surface area (Å²) in [5.41, 5.74) is 0.421. The minimum atomic E-state index is -0.115. The van der Waals surface area contributed by atoms with Crippen molar-refractivity contribution < 1.29 is 0 Å². The lowest BCUT2D eigenvalue weighted by Gasteiger charge is -2.13. The van der Waals surface area contributed by atoms with Gasteiger partial charge < -0.3 is 4.98 Å². The van der Waals surface area contributed by atoms with E-state index in [1.54, 1.807) is 17.6 Å². The molecule has 5 heteroatoms. The van der Waals surface area contributed by atoms with Crippen LogP contribution in [0.4, 0.5) is 0 Å². The van der Waals surface area contributed by atoms with E-state index in [1.165, 1.54) is 25.7 Å². The molecular weight excluding hydrogens is 252 g/mol. The summed E-state index contributed by atoms with van der Waals surface area (Å²) < 4.78 is 1.71. The molecule has 0 spiro atoms. The molecule has 1 N–H and O–H groups in total. The van der Waals surface area contributed by atoms with Crippen LogP contribution in [0.3, 0.4) is 0 Å². The van der Waals surface area contributed by atoms with Crippen LogP contribution in [0, 0.1) is 12.8 Å². The topological polar surface area (TPSA) is 63.0 Å². The molecule has 110 valence electrons. The van der Waals surface area contributed by atoms with E-state index in [1.807, 2.05) is 0 Å². The molecule has 1 atom stereocenters. The van der Waals surface area contributed by atoms with Crippen molar-refractivity contribution in [1.82, 2.24) is 19.6 Å². The molecule has 1 unspecified atom stereocenters. The Kier molecular flexibility index (Phi) is 4.93. The first-order chi connectivity index (χ1) is 9.65. The van der Waals surface area contributed by atoms with Gasteiger partial charge in [-0.1, -0.05) is 46.0 Å². The normalized spacial score (nSPS) is 12.9. The number of rotatable bonds is 7. The lowest BCUT2D eigenvalue weighted by molar-refractivity contribution is 0.431. The standard InChI is InChI=1S/C15H24N4O/c1-4-6-7-8-12(5-2)9-14-16-10-13-15(20)17-11(3)18-19(13)14/h10,12H,4-9H2,1-3H3,(H,17,18,20). The summed E-state index contributed by atoms with van der Waals surface area (Å²) in [5.74, 6) is 2.15. The summed E-state index contributed by atoms with van der Waals surface area (Å²) in [4.78, 5) is 18.9. The summed E-state index contributed by atoms with van der Waals surface area (Å²) in [6.45, 7) is 6.24. The van der Waals surface area contributed by atoms with Gasteiger partial charge >= 0.3 is 0 Å². The number of H-pyrrole nitrogens is 1. The Morgan fingerprint density at radius 1 is 1.35 bits per heavy atom. The zero-order valence-electron chi connectivity index (χ0n) is 12.6. The summed E-state index contributed by atoms with van der Waals surface area (Å²) in [6, 6.07) is 0. The fourth-order valence-corrected chi connectivity index (χ4v) is 2.58. The molecule has 0 fully saturated rings. The van der Waals surface area contributed by atoms with Crippen molar-refractivity contribution in [2.75, 3.05) is 0 Å². The lowest BCUT2D eigenvalue weighted by Crippen LogP contribution is -2.16. The molecule has 2 rings (SSSR count). The van der Waals surface area contributed by atoms with Gasteiger partial charge in [0.2, 0.25) is 0 Å². The van der Waals surface area contributed by atoms with E-state index >= 15 is 0 Å². The molecule has 0 aliphatic carbocycles. The summed E-state index contributed by atoms with van der Waals surface area (Å²) >= 11 is 0. The monoisotopic (exact) mass is 276 g/mol. The lowest BCUT2D eigenvalue weighted by atomic mass is 9.95. The summed E-state index contributed by atoms with van der Waals surface area (Å²) in [6.07, 6.45) is 8.69. The molecule has 0 aliphatic rings. The molecule has 0 saturated carbocycles. The number of unbranched alkanes of at least 4 members (excludes halogenated alkanes) is 2. The largest absolute Gasteiger partial charge is 0.307 e. The highest BCUT2D eigenvalue weighted by molar-refractivity contribution is 5.41. The van der Waals surface area contributed by atoms with Crippen molar-refractivity contribution in [3.63, 3.8) is 0 Å². The van der Waals surface area contributed by atoms with Crippen LogP contribution in [0.1, 0.15) is 57.6 Å². The van der Waals surface area contributed by atoms with Gasteiger partial charge in [0.25, 0.3) is 5.56 Å². The predicted octanol–water partition coefficient (Wildman–Crippen LogP) is 2.88. The highest BCUT2D eigenvalue weighted by Gasteiger charge is 2.14. The van der Waals surface area contributed by atoms with Crippen molar-refractivity contribution >= 4 is 5.52 Å². The van der Waals surface area contributed by atoms with Crippen LogP contribution >= 0.6 is 0 Å². The van der Waals surface area contributed by atoms with E-state index in [-0.39, 0.29) is 5.56 Å². The maximum Gasteiger partial charge on any atom is 0.276 e. The van der Waals surface area contributed by atoms with E-state index in [4.69, 9.17) is 0 Å². The molecule has 0 amide bonds. The smallest absolute Gasteiger partial charge is 0.276 e. The molecular formula is C15H24N4O. The van der Waals surface area contributed by atoms with Gasteiger partial charge in [-0.3, -0.25) is 4.79 Å². The average molecular weight is 276 g/mol. The number of hydrogen-bond acceptors (Lipinski definition) is 3. The SMILES string of the molecule is CCCCCC(CC)Cc1ncc2c(=O)[nH]c(C)nn12. The number of aryl methyl sites for hydroxylation is 1. The number of fused-ring (bicyclic) bond motifs is 1. The molecule has 20 heavy (non-hydrogen) atoms. The molecule has 0 radical (unpaired) electrons. The predicted molar refractivity (Wildman–Crippen MR) is 80.0 cm³/mol. The Bertz CT molecular complexity index is 614. The zero-order valence-corrected chi connectivity index (χ0v) is 12.6. The van der Waals surface area contributed by atoms with Gasteiger partial charge in [-0.05, 0) is 12.8 Å². The molecule has 0 saturated heterocycles. The molecule has 0 bridgehead atoms. The molecule has 0 aromatic carbocycles. The van der Waals surface area contributed by atoms with Crippen LogP contribution in [0.15, 0.2) is 11.0 Å². The van der Waals surface area contributed by atoms with Gasteiger partial charge in [-0.15, -0.1) is 0 Å². The maximum absolute atomic E-state index is 11.8. The minimum absolute atomic E-state index is 0.115. The second-order valence-corrected chi connectivity index (χ2v) is 5.49. The van der Waals surface area contributed by atoms with Crippen molar-refractivity contribution in [2.45, 2.75) is 59.3 Å². The minimum Gasteiger partial charge on any atom is -0.307 e. The Labute approximate surface area is 119 Å². The molecule has 2 heterocycles. The van der Waals surface area contributed by atoms with E-state index in [2.05, 4.69) is 28.9 Å². The maximum atomic E-state index is 11.8. The summed E-state index contributed by atoms with van der Waals surface area (Å²) in [7, 11) is 0. The van der Waals surface area contributed by atoms with Gasteiger partial charge in [-0.25, -0.2) is 9.50 Å². The Balaban J connectivity index is 2.18. The zero-order chi connectivity index (χ0) is 14.5. The Morgan fingerprint density at radius 2 is 2.15 bits per heavy atom. The Hall–Kier alpha value is -1.65. The van der Waals surface area contributed by atoms with E-state index in [0.29, 0.717) is 17.3 Å². The first-order valence-corrected chi connectivity index (χ1v) is 7.59. The number of nitrogens with one attached hydrogen (secondary N) is 1. The third-order valence-corrected chi connectivity index (χ3v) is 3.85. The fourth-order valence-electron chi connectivity index (χ4n) is 2.58. The number of hydrogen-bond donors (Lipinski definition) is 1. The van der Waals surface area contributed by atoms with E-state index in [0.717, 1.165) is 18.7 Å². The van der Waals surface area contributed by atoms with Crippen LogP contribution in [0.25, 0.3) is 5.52 Å². The Morgan fingerprint density at radius 3 is 2.85 bits per heavy atom. The van der Waals surface area contributed by atoms with E-state index < -0.39 is 0 Å². The highest BCUT2D eigenvalue weighted by Crippen LogP contribution is 2.18. The number of aromatic nitrogens is 4. The summed E-state index contributed by atoms with van der Waals surface area (Å²) in [5, 5.41) is 4.38. The van der Waals surface area contributed by atoms with Gasteiger partial charge in [0, 0.05) is 6.42 Å². The fraction of sp³-hybridized carbons (Fsp3) is 0.667. The van der Waals surface area contributed by atoms with Gasteiger partial charge in [0.15, 0.2) is 5.52 Å². The van der Waals surface area contributed by atoms with Crippen LogP contribution < -0.4 is 5.56 Å². The molecule has 5 nitrogen and oxygen atoms in total. The van der Waals surface area contributed by atoms with Gasteiger partial charge in [0.05, 0.1) is 6.20 Å². The second kappa shape index (κ2) is 6.68. The molecule has 2 aromatic heterocycles. The average Bonchev–Trinajstić information content (AvgIpc) is 2.81. The van der Waals surface area contributed by atoms with Crippen LogP contribution in [-0.4, -0.2) is 19.6 Å². The number of nitrogens with zero attached hydrogens (tertiary/aromatic N) is 3. The van der Waals surface area contributed by atoms with Crippen molar-refractivity contribution in [3.05, 3.63) is 28.2 Å². The third kappa shape index (κ3) is 3.26. The van der Waals surface area contributed by atoms with Crippen molar-refractivity contribution in [1.29, 1.82) is 0 Å². The van der Waals surface area contributed by atoms with Crippen molar-refractivity contribution in [2.24, 2.45) is 5.92 Å². The number of imidazole rings is 1. The number of aromatic amines is 1. The third-order valence-electron chi connectivity index (χ3n) is 3.85. The highest BCUT2D eigenvalue weighted by atomic mass is 16.1. The van der Waals surface area contributed by atoms with Gasteiger partial charge in [0.1, 0.15) is 11.6 Å². The van der Waals surface area contributed by atoms with E-state index in [9.17, 15) is 4.79 Å².